The molecule has 3 rings (SSSR count). The van der Waals surface area contributed by atoms with Gasteiger partial charge in [0.2, 0.25) is 0 Å². The number of carbonyl (C=O) groups excluding carboxylic acids is 1. The maximum atomic E-state index is 12.6. The highest BCUT2D eigenvalue weighted by Gasteiger charge is 2.33. The smallest absolute Gasteiger partial charge is 0.256 e. The van der Waals surface area contributed by atoms with Gasteiger partial charge in [0.05, 0.1) is 0 Å². The third-order valence-corrected chi connectivity index (χ3v) is 5.03. The lowest BCUT2D eigenvalue weighted by Crippen LogP contribution is -2.45. The number of likely N-dealkylation sites (tertiary alicyclic amines) is 1. The quantitative estimate of drug-likeness (QED) is 0.622. The number of rotatable bonds is 3. The Hall–Kier alpha value is -1.55. The fraction of sp³-hybridized carbons (Fsp3) is 0.409. The van der Waals surface area contributed by atoms with E-state index in [1.165, 1.54) is 6.42 Å². The van der Waals surface area contributed by atoms with E-state index in [0.717, 1.165) is 25.1 Å². The number of ether oxygens (including phenoxy) is 1. The van der Waals surface area contributed by atoms with Crippen molar-refractivity contribution in [2.24, 2.45) is 5.41 Å². The van der Waals surface area contributed by atoms with Crippen LogP contribution in [0, 0.1) is 5.41 Å². The van der Waals surface area contributed by atoms with Crippen molar-refractivity contribution in [1.29, 1.82) is 0 Å². The normalized spacial score (nSPS) is 16.9. The highest BCUT2D eigenvalue weighted by Crippen LogP contribution is 2.30. The first-order valence-electron chi connectivity index (χ1n) is 9.10. The summed E-state index contributed by atoms with van der Waals surface area (Å²) in [6.45, 7) is 6.10. The second-order valence-electron chi connectivity index (χ2n) is 7.49. The molecule has 0 aliphatic carbocycles. The van der Waals surface area contributed by atoms with Crippen LogP contribution in [0.5, 0.6) is 0 Å². The van der Waals surface area contributed by atoms with Crippen molar-refractivity contribution in [1.82, 2.24) is 4.90 Å². The van der Waals surface area contributed by atoms with Gasteiger partial charge in [-0.1, -0.05) is 73.4 Å². The minimum Gasteiger partial charge on any atom is -0.367 e. The molecule has 1 heterocycles. The molecule has 1 atom stereocenters. The molecule has 0 radical (unpaired) electrons. The van der Waals surface area contributed by atoms with E-state index in [9.17, 15) is 4.79 Å². The predicted molar refractivity (Wildman–Crippen MR) is 112 cm³/mol. The molecule has 27 heavy (non-hydrogen) atoms. The van der Waals surface area contributed by atoms with Gasteiger partial charge in [0.1, 0.15) is 0 Å². The Labute approximate surface area is 172 Å². The van der Waals surface area contributed by atoms with Crippen molar-refractivity contribution in [3.05, 3.63) is 70.2 Å². The van der Waals surface area contributed by atoms with E-state index in [-0.39, 0.29) is 11.3 Å². The number of piperidine rings is 1. The van der Waals surface area contributed by atoms with Crippen LogP contribution in [-0.2, 0) is 9.53 Å². The van der Waals surface area contributed by atoms with Crippen LogP contribution in [0.15, 0.2) is 54.6 Å². The highest BCUT2D eigenvalue weighted by atomic mass is 35.5. The molecule has 1 amide bonds. The van der Waals surface area contributed by atoms with E-state index in [2.05, 4.69) is 13.8 Å². The van der Waals surface area contributed by atoms with Gasteiger partial charge in [-0.25, -0.2) is 0 Å². The molecule has 0 N–H and O–H groups in total. The molecule has 2 aromatic carbocycles. The SMILES string of the molecule is COC(C(=O)N1CCCC(C)(C)C1)c1ccccc1.Clc1cccc(Cl)c1. The van der Waals surface area contributed by atoms with Gasteiger partial charge in [0.25, 0.3) is 5.91 Å². The van der Waals surface area contributed by atoms with E-state index >= 15 is 0 Å². The van der Waals surface area contributed by atoms with E-state index < -0.39 is 6.10 Å². The molecule has 1 saturated heterocycles. The third-order valence-electron chi connectivity index (χ3n) is 4.56. The molecule has 1 unspecified atom stereocenters. The van der Waals surface area contributed by atoms with Crippen LogP contribution in [0.4, 0.5) is 0 Å². The van der Waals surface area contributed by atoms with Crippen LogP contribution in [0.3, 0.4) is 0 Å². The molecule has 0 saturated carbocycles. The summed E-state index contributed by atoms with van der Waals surface area (Å²) in [5.41, 5.74) is 1.14. The summed E-state index contributed by atoms with van der Waals surface area (Å²) in [4.78, 5) is 14.6. The minimum absolute atomic E-state index is 0.0847. The molecule has 0 spiro atoms. The van der Waals surface area contributed by atoms with Gasteiger partial charge in [-0.15, -0.1) is 0 Å². The van der Waals surface area contributed by atoms with E-state index in [1.54, 1.807) is 25.3 Å². The number of nitrogens with zero attached hydrogens (tertiary/aromatic N) is 1. The van der Waals surface area contributed by atoms with Crippen LogP contribution < -0.4 is 0 Å². The number of carbonyl (C=O) groups is 1. The second kappa shape index (κ2) is 10.1. The summed E-state index contributed by atoms with van der Waals surface area (Å²) >= 11 is 11.1. The van der Waals surface area contributed by atoms with Crippen molar-refractivity contribution in [2.75, 3.05) is 20.2 Å². The maximum absolute atomic E-state index is 12.6. The molecule has 146 valence electrons. The van der Waals surface area contributed by atoms with Crippen LogP contribution in [0.25, 0.3) is 0 Å². The van der Waals surface area contributed by atoms with Gasteiger partial charge in [0.15, 0.2) is 6.10 Å². The number of benzene rings is 2. The zero-order valence-electron chi connectivity index (χ0n) is 16.1. The Bertz CT molecular complexity index is 717. The predicted octanol–water partition coefficient (Wildman–Crippen LogP) is 6.02. The average molecular weight is 408 g/mol. The van der Waals surface area contributed by atoms with E-state index in [1.807, 2.05) is 41.3 Å². The standard InChI is InChI=1S/C16H23NO2.C6H4Cl2/c1-16(2)10-7-11-17(12-16)15(18)14(19-3)13-8-5-4-6-9-13;7-5-2-1-3-6(8)4-5/h4-6,8-9,14H,7,10-12H2,1-3H3;1-4H. The fourth-order valence-electron chi connectivity index (χ4n) is 3.24. The minimum atomic E-state index is -0.477. The second-order valence-corrected chi connectivity index (χ2v) is 8.37. The van der Waals surface area contributed by atoms with Crippen molar-refractivity contribution in [3.63, 3.8) is 0 Å². The molecular formula is C22H27Cl2NO2. The topological polar surface area (TPSA) is 29.5 Å². The Morgan fingerprint density at radius 1 is 1.07 bits per heavy atom. The molecule has 3 nitrogen and oxygen atoms in total. The van der Waals surface area contributed by atoms with Gasteiger partial charge in [-0.2, -0.15) is 0 Å². The van der Waals surface area contributed by atoms with Crippen molar-refractivity contribution >= 4 is 29.1 Å². The Balaban J connectivity index is 0.000000273. The van der Waals surface area contributed by atoms with Crippen LogP contribution in [0.2, 0.25) is 10.0 Å². The van der Waals surface area contributed by atoms with Crippen LogP contribution >= 0.6 is 23.2 Å². The number of halogens is 2. The largest absolute Gasteiger partial charge is 0.367 e. The fourth-order valence-corrected chi connectivity index (χ4v) is 3.68. The summed E-state index contributed by atoms with van der Waals surface area (Å²) in [5, 5.41) is 1.36. The average Bonchev–Trinajstić information content (AvgIpc) is 2.62. The Morgan fingerprint density at radius 2 is 1.70 bits per heavy atom. The molecule has 2 aromatic rings. The summed E-state index contributed by atoms with van der Waals surface area (Å²) in [7, 11) is 1.60. The molecule has 1 fully saturated rings. The maximum Gasteiger partial charge on any atom is 0.256 e. The number of hydrogen-bond acceptors (Lipinski definition) is 2. The van der Waals surface area contributed by atoms with Crippen LogP contribution in [-0.4, -0.2) is 31.0 Å². The lowest BCUT2D eigenvalue weighted by atomic mass is 9.84. The summed E-state index contributed by atoms with van der Waals surface area (Å²) in [6.07, 6.45) is 1.78. The molecule has 5 heteroatoms. The van der Waals surface area contributed by atoms with Gasteiger partial charge in [-0.3, -0.25) is 4.79 Å². The first kappa shape index (κ1) is 21.7. The highest BCUT2D eigenvalue weighted by molar-refractivity contribution is 6.34. The van der Waals surface area contributed by atoms with Gasteiger partial charge < -0.3 is 9.64 Å². The van der Waals surface area contributed by atoms with Crippen molar-refractivity contribution < 1.29 is 9.53 Å². The zero-order chi connectivity index (χ0) is 19.9. The molecule has 1 aliphatic rings. The first-order valence-corrected chi connectivity index (χ1v) is 9.85. The molecular weight excluding hydrogens is 381 g/mol. The first-order chi connectivity index (χ1) is 12.8. The lowest BCUT2D eigenvalue weighted by Gasteiger charge is -2.39. The molecule has 0 bridgehead atoms. The number of amides is 1. The molecule has 0 aromatic heterocycles. The third kappa shape index (κ3) is 6.84. The Kier molecular flexibility index (Phi) is 8.15. The Morgan fingerprint density at radius 3 is 2.19 bits per heavy atom. The van der Waals surface area contributed by atoms with Crippen LogP contribution in [0.1, 0.15) is 38.4 Å². The zero-order valence-corrected chi connectivity index (χ0v) is 17.6. The summed E-state index contributed by atoms with van der Waals surface area (Å²) in [5.74, 6) is 0.0847. The number of methoxy groups -OCH3 is 1. The van der Waals surface area contributed by atoms with Gasteiger partial charge in [0, 0.05) is 30.2 Å². The van der Waals surface area contributed by atoms with E-state index in [0.29, 0.717) is 10.0 Å². The van der Waals surface area contributed by atoms with Crippen molar-refractivity contribution in [3.8, 4) is 0 Å². The lowest BCUT2D eigenvalue weighted by molar-refractivity contribution is -0.145. The summed E-state index contributed by atoms with van der Waals surface area (Å²) in [6, 6.07) is 16.8. The summed E-state index contributed by atoms with van der Waals surface area (Å²) < 4.78 is 5.43. The van der Waals surface area contributed by atoms with Gasteiger partial charge in [-0.05, 0) is 42.0 Å². The van der Waals surface area contributed by atoms with Gasteiger partial charge >= 0.3 is 0 Å². The van der Waals surface area contributed by atoms with E-state index in [4.69, 9.17) is 27.9 Å². The molecule has 1 aliphatic heterocycles. The number of hydrogen-bond donors (Lipinski definition) is 0. The monoisotopic (exact) mass is 407 g/mol. The van der Waals surface area contributed by atoms with Crippen molar-refractivity contribution in [2.45, 2.75) is 32.8 Å².